The molecule has 2 aromatic rings. The molecule has 8 heteroatoms. The SMILES string of the molecule is CN=C(NCCCc1nc(C(C)C)no1)NC(C)c1ccc(C)c(F)c1.I. The predicted molar refractivity (Wildman–Crippen MR) is 116 cm³/mol. The molecular formula is C19H29FIN5O. The minimum Gasteiger partial charge on any atom is -0.356 e. The number of guanidine groups is 1. The van der Waals surface area contributed by atoms with Crippen LogP contribution in [-0.4, -0.2) is 29.7 Å². The number of nitrogens with one attached hydrogen (secondary N) is 2. The first kappa shape index (κ1) is 23.3. The zero-order valence-electron chi connectivity index (χ0n) is 16.5. The molecule has 0 radical (unpaired) electrons. The lowest BCUT2D eigenvalue weighted by atomic mass is 10.1. The minimum absolute atomic E-state index is 0. The van der Waals surface area contributed by atoms with Gasteiger partial charge in [0.15, 0.2) is 11.8 Å². The quantitative estimate of drug-likeness (QED) is 0.265. The topological polar surface area (TPSA) is 75.3 Å². The van der Waals surface area contributed by atoms with Gasteiger partial charge in [0.25, 0.3) is 0 Å². The van der Waals surface area contributed by atoms with Gasteiger partial charge in [0, 0.05) is 25.9 Å². The molecule has 2 rings (SSSR count). The lowest BCUT2D eigenvalue weighted by Gasteiger charge is -2.18. The Labute approximate surface area is 177 Å². The summed E-state index contributed by atoms with van der Waals surface area (Å²) in [6.45, 7) is 8.52. The van der Waals surface area contributed by atoms with Crippen molar-refractivity contribution in [3.05, 3.63) is 46.9 Å². The summed E-state index contributed by atoms with van der Waals surface area (Å²) in [4.78, 5) is 8.58. The Balaban J connectivity index is 0.00000364. The Morgan fingerprint density at radius 3 is 2.63 bits per heavy atom. The van der Waals surface area contributed by atoms with Crippen LogP contribution < -0.4 is 10.6 Å². The van der Waals surface area contributed by atoms with Gasteiger partial charge in [-0.2, -0.15) is 4.98 Å². The molecule has 0 spiro atoms. The molecule has 1 heterocycles. The van der Waals surface area contributed by atoms with Gasteiger partial charge in [-0.1, -0.05) is 31.1 Å². The highest BCUT2D eigenvalue weighted by Gasteiger charge is 2.11. The maximum atomic E-state index is 13.7. The van der Waals surface area contributed by atoms with E-state index in [1.54, 1.807) is 26.1 Å². The molecule has 0 aliphatic rings. The third kappa shape index (κ3) is 7.08. The molecule has 0 amide bonds. The van der Waals surface area contributed by atoms with E-state index in [9.17, 15) is 4.39 Å². The van der Waals surface area contributed by atoms with Gasteiger partial charge in [-0.25, -0.2) is 4.39 Å². The summed E-state index contributed by atoms with van der Waals surface area (Å²) in [6.07, 6.45) is 1.55. The number of rotatable bonds is 7. The summed E-state index contributed by atoms with van der Waals surface area (Å²) < 4.78 is 19.0. The normalized spacial score (nSPS) is 12.6. The van der Waals surface area contributed by atoms with E-state index in [-0.39, 0.29) is 41.8 Å². The molecule has 0 fully saturated rings. The maximum absolute atomic E-state index is 13.7. The summed E-state index contributed by atoms with van der Waals surface area (Å²) in [6, 6.07) is 5.21. The van der Waals surface area contributed by atoms with E-state index in [4.69, 9.17) is 4.52 Å². The van der Waals surface area contributed by atoms with E-state index in [0.29, 0.717) is 30.4 Å². The molecule has 1 unspecified atom stereocenters. The van der Waals surface area contributed by atoms with Crippen LogP contribution in [0.2, 0.25) is 0 Å². The predicted octanol–water partition coefficient (Wildman–Crippen LogP) is 4.12. The molecule has 2 N–H and O–H groups in total. The number of nitrogens with zero attached hydrogens (tertiary/aromatic N) is 3. The molecule has 1 aromatic carbocycles. The van der Waals surface area contributed by atoms with Gasteiger partial charge < -0.3 is 15.2 Å². The third-order valence-corrected chi connectivity index (χ3v) is 4.13. The van der Waals surface area contributed by atoms with Crippen molar-refractivity contribution >= 4 is 29.9 Å². The Hall–Kier alpha value is -1.71. The molecule has 0 bridgehead atoms. The smallest absolute Gasteiger partial charge is 0.226 e. The molecule has 0 aliphatic heterocycles. The van der Waals surface area contributed by atoms with Crippen LogP contribution in [0.25, 0.3) is 0 Å². The molecule has 150 valence electrons. The largest absolute Gasteiger partial charge is 0.356 e. The van der Waals surface area contributed by atoms with Gasteiger partial charge >= 0.3 is 0 Å². The van der Waals surface area contributed by atoms with Gasteiger partial charge in [0.2, 0.25) is 5.89 Å². The zero-order chi connectivity index (χ0) is 19.1. The molecule has 6 nitrogen and oxygen atoms in total. The molecule has 0 saturated heterocycles. The monoisotopic (exact) mass is 489 g/mol. The van der Waals surface area contributed by atoms with E-state index < -0.39 is 0 Å². The molecule has 1 aromatic heterocycles. The van der Waals surface area contributed by atoms with Gasteiger partial charge in [-0.05, 0) is 37.5 Å². The van der Waals surface area contributed by atoms with Crippen LogP contribution >= 0.6 is 24.0 Å². The van der Waals surface area contributed by atoms with E-state index in [1.165, 1.54) is 0 Å². The fourth-order valence-corrected chi connectivity index (χ4v) is 2.41. The Morgan fingerprint density at radius 1 is 1.30 bits per heavy atom. The number of hydrogen-bond donors (Lipinski definition) is 2. The van der Waals surface area contributed by atoms with Crippen molar-refractivity contribution in [2.45, 2.75) is 52.5 Å². The lowest BCUT2D eigenvalue weighted by Crippen LogP contribution is -2.39. The van der Waals surface area contributed by atoms with Gasteiger partial charge in [-0.15, -0.1) is 24.0 Å². The second-order valence-corrected chi connectivity index (χ2v) is 6.68. The summed E-state index contributed by atoms with van der Waals surface area (Å²) in [5.74, 6) is 2.14. The second kappa shape index (κ2) is 11.2. The van der Waals surface area contributed by atoms with Crippen molar-refractivity contribution in [2.75, 3.05) is 13.6 Å². The summed E-state index contributed by atoms with van der Waals surface area (Å²) in [5, 5.41) is 10.5. The van der Waals surface area contributed by atoms with Crippen LogP contribution in [0.5, 0.6) is 0 Å². The first-order chi connectivity index (χ1) is 12.4. The molecule has 0 saturated carbocycles. The number of aromatic nitrogens is 2. The van der Waals surface area contributed by atoms with E-state index >= 15 is 0 Å². The molecule has 1 atom stereocenters. The van der Waals surface area contributed by atoms with Crippen LogP contribution in [0.15, 0.2) is 27.7 Å². The van der Waals surface area contributed by atoms with Gasteiger partial charge in [0.1, 0.15) is 5.82 Å². The Kier molecular flexibility index (Phi) is 9.68. The first-order valence-corrected chi connectivity index (χ1v) is 8.96. The Morgan fingerprint density at radius 2 is 2.04 bits per heavy atom. The summed E-state index contributed by atoms with van der Waals surface area (Å²) in [5.41, 5.74) is 1.52. The summed E-state index contributed by atoms with van der Waals surface area (Å²) >= 11 is 0. The molecular weight excluding hydrogens is 460 g/mol. The highest BCUT2D eigenvalue weighted by atomic mass is 127. The van der Waals surface area contributed by atoms with E-state index in [2.05, 4.69) is 25.8 Å². The van der Waals surface area contributed by atoms with Crippen LogP contribution in [0.4, 0.5) is 4.39 Å². The van der Waals surface area contributed by atoms with Crippen molar-refractivity contribution < 1.29 is 8.91 Å². The number of halogens is 2. The van der Waals surface area contributed by atoms with E-state index in [0.717, 1.165) is 17.8 Å². The number of aliphatic imine (C=N–C) groups is 1. The Bertz CT molecular complexity index is 747. The van der Waals surface area contributed by atoms with Crippen molar-refractivity contribution in [2.24, 2.45) is 4.99 Å². The standard InChI is InChI=1S/C19H28FN5O.HI/c1-12(2)18-24-17(26-25-18)7-6-10-22-19(21-5)23-14(4)15-9-8-13(3)16(20)11-15;/h8-9,11-12,14H,6-7,10H2,1-5H3,(H2,21,22,23);1H. The van der Waals surface area contributed by atoms with Crippen molar-refractivity contribution in [1.82, 2.24) is 20.8 Å². The lowest BCUT2D eigenvalue weighted by molar-refractivity contribution is 0.368. The average molecular weight is 489 g/mol. The fourth-order valence-electron chi connectivity index (χ4n) is 2.41. The van der Waals surface area contributed by atoms with Crippen LogP contribution in [0.3, 0.4) is 0 Å². The second-order valence-electron chi connectivity index (χ2n) is 6.68. The molecule has 27 heavy (non-hydrogen) atoms. The number of hydrogen-bond acceptors (Lipinski definition) is 4. The van der Waals surface area contributed by atoms with Gasteiger partial charge in [0.05, 0.1) is 6.04 Å². The number of benzene rings is 1. The van der Waals surface area contributed by atoms with Crippen LogP contribution in [-0.2, 0) is 6.42 Å². The minimum atomic E-state index is -0.195. The van der Waals surface area contributed by atoms with Crippen LogP contribution in [0.1, 0.15) is 62.0 Å². The fraction of sp³-hybridized carbons (Fsp3) is 0.526. The molecule has 0 aliphatic carbocycles. The summed E-state index contributed by atoms with van der Waals surface area (Å²) in [7, 11) is 1.71. The van der Waals surface area contributed by atoms with Crippen LogP contribution in [0, 0.1) is 12.7 Å². The number of aryl methyl sites for hydroxylation is 2. The van der Waals surface area contributed by atoms with Crippen molar-refractivity contribution in [1.29, 1.82) is 0 Å². The average Bonchev–Trinajstić information content (AvgIpc) is 3.09. The first-order valence-electron chi connectivity index (χ1n) is 8.96. The van der Waals surface area contributed by atoms with Crippen molar-refractivity contribution in [3.8, 4) is 0 Å². The zero-order valence-corrected chi connectivity index (χ0v) is 18.9. The highest BCUT2D eigenvalue weighted by Crippen LogP contribution is 2.16. The highest BCUT2D eigenvalue weighted by molar-refractivity contribution is 14.0. The van der Waals surface area contributed by atoms with E-state index in [1.807, 2.05) is 26.8 Å². The van der Waals surface area contributed by atoms with Gasteiger partial charge in [-0.3, -0.25) is 4.99 Å². The van der Waals surface area contributed by atoms with Crippen molar-refractivity contribution in [3.63, 3.8) is 0 Å². The maximum Gasteiger partial charge on any atom is 0.226 e. The third-order valence-electron chi connectivity index (χ3n) is 4.13.